The van der Waals surface area contributed by atoms with Gasteiger partial charge >= 0.3 is 0 Å². The van der Waals surface area contributed by atoms with E-state index in [2.05, 4.69) is 12.2 Å². The summed E-state index contributed by atoms with van der Waals surface area (Å²) in [6, 6.07) is 7.98. The summed E-state index contributed by atoms with van der Waals surface area (Å²) in [5.41, 5.74) is 0. The van der Waals surface area contributed by atoms with Crippen molar-refractivity contribution in [2.75, 3.05) is 5.75 Å². The first-order valence-corrected chi connectivity index (χ1v) is 8.19. The molecule has 0 aromatic heterocycles. The summed E-state index contributed by atoms with van der Waals surface area (Å²) >= 11 is 7.46. The van der Waals surface area contributed by atoms with E-state index in [0.717, 1.165) is 11.3 Å². The number of amides is 1. The second kappa shape index (κ2) is 7.20. The van der Waals surface area contributed by atoms with Crippen LogP contribution in [0.2, 0.25) is 5.02 Å². The highest BCUT2D eigenvalue weighted by Crippen LogP contribution is 2.24. The highest BCUT2D eigenvalue weighted by Gasteiger charge is 2.22. The topological polar surface area (TPSA) is 29.1 Å². The van der Waals surface area contributed by atoms with Gasteiger partial charge in [-0.1, -0.05) is 37.4 Å². The van der Waals surface area contributed by atoms with E-state index in [0.29, 0.717) is 22.7 Å². The van der Waals surface area contributed by atoms with Crippen LogP contribution in [0.5, 0.6) is 0 Å². The SMILES string of the molecule is C[C@H]1CCCC[C@H]1NC(=O)CSc1cccc(Cl)c1. The van der Waals surface area contributed by atoms with Gasteiger partial charge in [-0.2, -0.15) is 0 Å². The lowest BCUT2D eigenvalue weighted by Crippen LogP contribution is -2.41. The first-order chi connectivity index (χ1) is 9.15. The van der Waals surface area contributed by atoms with Crippen LogP contribution in [0.4, 0.5) is 0 Å². The Bertz CT molecular complexity index is 438. The van der Waals surface area contributed by atoms with Gasteiger partial charge in [-0.25, -0.2) is 0 Å². The zero-order valence-corrected chi connectivity index (χ0v) is 12.8. The van der Waals surface area contributed by atoms with Gasteiger partial charge in [-0.15, -0.1) is 11.8 Å². The number of rotatable bonds is 4. The standard InChI is InChI=1S/C15H20ClNOS/c1-11-5-2-3-8-14(11)17-15(18)10-19-13-7-4-6-12(16)9-13/h4,6-7,9,11,14H,2-3,5,8,10H2,1H3,(H,17,18)/t11-,14+/m0/s1. The second-order valence-corrected chi connectivity index (χ2v) is 6.67. The summed E-state index contributed by atoms with van der Waals surface area (Å²) in [6.07, 6.45) is 4.88. The summed E-state index contributed by atoms with van der Waals surface area (Å²) < 4.78 is 0. The van der Waals surface area contributed by atoms with E-state index in [9.17, 15) is 4.79 Å². The number of nitrogens with one attached hydrogen (secondary N) is 1. The third-order valence-corrected chi connectivity index (χ3v) is 4.85. The molecule has 0 aliphatic heterocycles. The number of carbonyl (C=O) groups excluding carboxylic acids is 1. The molecular weight excluding hydrogens is 278 g/mol. The molecule has 0 heterocycles. The number of carbonyl (C=O) groups is 1. The quantitative estimate of drug-likeness (QED) is 0.847. The normalized spacial score (nSPS) is 23.1. The Hall–Kier alpha value is -0.670. The monoisotopic (exact) mass is 297 g/mol. The van der Waals surface area contributed by atoms with Crippen LogP contribution in [-0.2, 0) is 4.79 Å². The smallest absolute Gasteiger partial charge is 0.230 e. The van der Waals surface area contributed by atoms with Gasteiger partial charge in [0.1, 0.15) is 0 Å². The lowest BCUT2D eigenvalue weighted by molar-refractivity contribution is -0.119. The van der Waals surface area contributed by atoms with Gasteiger partial charge in [-0.05, 0) is 37.0 Å². The van der Waals surface area contributed by atoms with Crippen LogP contribution >= 0.6 is 23.4 Å². The average Bonchev–Trinajstić information content (AvgIpc) is 2.39. The number of thioether (sulfide) groups is 1. The summed E-state index contributed by atoms with van der Waals surface area (Å²) in [5.74, 6) is 1.20. The molecule has 0 spiro atoms. The van der Waals surface area contributed by atoms with Crippen molar-refractivity contribution in [2.24, 2.45) is 5.92 Å². The van der Waals surface area contributed by atoms with Crippen LogP contribution in [0.15, 0.2) is 29.2 Å². The zero-order valence-electron chi connectivity index (χ0n) is 11.2. The minimum Gasteiger partial charge on any atom is -0.352 e. The van der Waals surface area contributed by atoms with E-state index in [1.807, 2.05) is 24.3 Å². The summed E-state index contributed by atoms with van der Waals surface area (Å²) in [7, 11) is 0. The number of hydrogen-bond acceptors (Lipinski definition) is 2. The van der Waals surface area contributed by atoms with E-state index in [4.69, 9.17) is 11.6 Å². The number of benzene rings is 1. The van der Waals surface area contributed by atoms with Crippen LogP contribution in [0.3, 0.4) is 0 Å². The molecule has 1 fully saturated rings. The predicted octanol–water partition coefficient (Wildman–Crippen LogP) is 4.13. The minimum atomic E-state index is 0.128. The Morgan fingerprint density at radius 3 is 2.95 bits per heavy atom. The molecule has 2 nitrogen and oxygen atoms in total. The maximum absolute atomic E-state index is 12.0. The fourth-order valence-corrected chi connectivity index (χ4v) is 3.51. The Labute approximate surface area is 124 Å². The van der Waals surface area contributed by atoms with Gasteiger partial charge in [0.15, 0.2) is 0 Å². The minimum absolute atomic E-state index is 0.128. The van der Waals surface area contributed by atoms with E-state index in [1.54, 1.807) is 0 Å². The molecule has 2 atom stereocenters. The van der Waals surface area contributed by atoms with Crippen molar-refractivity contribution in [1.82, 2.24) is 5.32 Å². The Balaban J connectivity index is 1.78. The van der Waals surface area contributed by atoms with Crippen LogP contribution in [0.25, 0.3) is 0 Å². The summed E-state index contributed by atoms with van der Waals surface area (Å²) in [6.45, 7) is 2.23. The van der Waals surface area contributed by atoms with Crippen LogP contribution < -0.4 is 5.32 Å². The Kier molecular flexibility index (Phi) is 5.59. The molecule has 104 valence electrons. The van der Waals surface area contributed by atoms with Gasteiger partial charge in [0.2, 0.25) is 5.91 Å². The maximum atomic E-state index is 12.0. The Morgan fingerprint density at radius 2 is 2.21 bits per heavy atom. The van der Waals surface area contributed by atoms with Crippen molar-refractivity contribution in [3.63, 3.8) is 0 Å². The van der Waals surface area contributed by atoms with Crippen molar-refractivity contribution in [3.05, 3.63) is 29.3 Å². The van der Waals surface area contributed by atoms with Gasteiger partial charge in [-0.3, -0.25) is 4.79 Å². The van der Waals surface area contributed by atoms with Gasteiger partial charge in [0, 0.05) is 16.0 Å². The lowest BCUT2D eigenvalue weighted by Gasteiger charge is -2.29. The number of halogens is 1. The molecule has 1 amide bonds. The van der Waals surface area contributed by atoms with E-state index >= 15 is 0 Å². The van der Waals surface area contributed by atoms with Crippen LogP contribution in [0.1, 0.15) is 32.6 Å². The molecule has 1 N–H and O–H groups in total. The van der Waals surface area contributed by atoms with Crippen molar-refractivity contribution < 1.29 is 4.79 Å². The van der Waals surface area contributed by atoms with Crippen molar-refractivity contribution in [3.8, 4) is 0 Å². The van der Waals surface area contributed by atoms with E-state index < -0.39 is 0 Å². The molecule has 0 unspecified atom stereocenters. The molecule has 0 radical (unpaired) electrons. The molecule has 0 saturated heterocycles. The highest BCUT2D eigenvalue weighted by atomic mass is 35.5. The first-order valence-electron chi connectivity index (χ1n) is 6.83. The molecule has 4 heteroatoms. The number of hydrogen-bond donors (Lipinski definition) is 1. The predicted molar refractivity (Wildman–Crippen MR) is 81.7 cm³/mol. The third-order valence-electron chi connectivity index (χ3n) is 3.62. The van der Waals surface area contributed by atoms with Crippen molar-refractivity contribution in [1.29, 1.82) is 0 Å². The molecule has 19 heavy (non-hydrogen) atoms. The van der Waals surface area contributed by atoms with Gasteiger partial charge < -0.3 is 5.32 Å². The van der Waals surface area contributed by atoms with Crippen LogP contribution in [0, 0.1) is 5.92 Å². The molecule has 1 saturated carbocycles. The average molecular weight is 298 g/mol. The molecule has 1 aliphatic carbocycles. The zero-order chi connectivity index (χ0) is 13.7. The highest BCUT2D eigenvalue weighted by molar-refractivity contribution is 8.00. The van der Waals surface area contributed by atoms with E-state index in [-0.39, 0.29) is 5.91 Å². The van der Waals surface area contributed by atoms with Crippen molar-refractivity contribution >= 4 is 29.3 Å². The molecule has 2 rings (SSSR count). The molecule has 1 aliphatic rings. The second-order valence-electron chi connectivity index (χ2n) is 5.18. The van der Waals surface area contributed by atoms with Crippen LogP contribution in [-0.4, -0.2) is 17.7 Å². The summed E-state index contributed by atoms with van der Waals surface area (Å²) in [5, 5.41) is 3.87. The first kappa shape index (κ1) is 14.7. The van der Waals surface area contributed by atoms with Crippen molar-refractivity contribution in [2.45, 2.75) is 43.5 Å². The third kappa shape index (κ3) is 4.73. The molecule has 1 aromatic rings. The molecule has 0 bridgehead atoms. The maximum Gasteiger partial charge on any atom is 0.230 e. The lowest BCUT2D eigenvalue weighted by atomic mass is 9.86. The van der Waals surface area contributed by atoms with Gasteiger partial charge in [0.25, 0.3) is 0 Å². The molecular formula is C15H20ClNOS. The largest absolute Gasteiger partial charge is 0.352 e. The Morgan fingerprint density at radius 1 is 1.42 bits per heavy atom. The molecule has 1 aromatic carbocycles. The van der Waals surface area contributed by atoms with E-state index in [1.165, 1.54) is 31.0 Å². The van der Waals surface area contributed by atoms with Gasteiger partial charge in [0.05, 0.1) is 5.75 Å². The fraction of sp³-hybridized carbons (Fsp3) is 0.533. The fourth-order valence-electron chi connectivity index (χ4n) is 2.48. The summed E-state index contributed by atoms with van der Waals surface area (Å²) in [4.78, 5) is 13.0.